The number of nitrogens with one attached hydrogen (secondary N) is 1. The van der Waals surface area contributed by atoms with Crippen molar-refractivity contribution in [2.75, 3.05) is 33.2 Å². The number of aryl methyl sites for hydroxylation is 1. The number of benzene rings is 2. The lowest BCUT2D eigenvalue weighted by Gasteiger charge is -2.36. The molecule has 0 saturated carbocycles. The fraction of sp³-hybridized carbons (Fsp3) is 0.409. The monoisotopic (exact) mass is 512 g/mol. The molecule has 2 aromatic rings. The second kappa shape index (κ2) is 11.5. The molecule has 0 amide bonds. The molecular weight excluding hydrogens is 482 g/mol. The highest BCUT2D eigenvalue weighted by molar-refractivity contribution is 14.0. The number of hydrogen-bond acceptors (Lipinski definition) is 3. The van der Waals surface area contributed by atoms with E-state index < -0.39 is 0 Å². The van der Waals surface area contributed by atoms with Crippen LogP contribution in [0.1, 0.15) is 22.3 Å². The lowest BCUT2D eigenvalue weighted by molar-refractivity contribution is 0.172. The van der Waals surface area contributed by atoms with Gasteiger partial charge >= 0.3 is 0 Å². The van der Waals surface area contributed by atoms with Gasteiger partial charge in [0.1, 0.15) is 5.82 Å². The zero-order valence-corrected chi connectivity index (χ0v) is 19.4. The quantitative estimate of drug-likeness (QED) is 0.368. The van der Waals surface area contributed by atoms with Crippen LogP contribution in [0.4, 0.5) is 4.39 Å². The fourth-order valence-electron chi connectivity index (χ4n) is 3.56. The third-order valence-electron chi connectivity index (χ3n) is 5.10. The van der Waals surface area contributed by atoms with Gasteiger partial charge in [-0.05, 0) is 30.2 Å². The summed E-state index contributed by atoms with van der Waals surface area (Å²) in [7, 11) is 1.78. The summed E-state index contributed by atoms with van der Waals surface area (Å²) in [6.45, 7) is 7.15. The minimum atomic E-state index is -0.375. The number of rotatable bonds is 5. The Hall–Kier alpha value is -1.71. The summed E-state index contributed by atoms with van der Waals surface area (Å²) in [5.74, 6) is 0.477. The molecule has 2 N–H and O–H groups in total. The third kappa shape index (κ3) is 6.65. The van der Waals surface area contributed by atoms with E-state index in [2.05, 4.69) is 51.3 Å². The Bertz CT molecular complexity index is 822. The number of hydrogen-bond donors (Lipinski definition) is 2. The topological polar surface area (TPSA) is 51.1 Å². The number of piperazine rings is 1. The van der Waals surface area contributed by atoms with Crippen molar-refractivity contribution in [3.63, 3.8) is 0 Å². The molecule has 1 fully saturated rings. The maximum absolute atomic E-state index is 13.5. The molecule has 2 aromatic carbocycles. The van der Waals surface area contributed by atoms with E-state index >= 15 is 0 Å². The van der Waals surface area contributed by atoms with Crippen molar-refractivity contribution in [2.45, 2.75) is 26.6 Å². The summed E-state index contributed by atoms with van der Waals surface area (Å²) in [4.78, 5) is 9.11. The number of guanidine groups is 1. The molecule has 0 bridgehead atoms. The summed E-state index contributed by atoms with van der Waals surface area (Å²) in [5, 5.41) is 12.6. The molecule has 0 atom stereocenters. The molecule has 158 valence electrons. The number of aliphatic hydroxyl groups excluding tert-OH is 1. The van der Waals surface area contributed by atoms with Gasteiger partial charge in [-0.25, -0.2) is 4.39 Å². The van der Waals surface area contributed by atoms with Crippen molar-refractivity contribution in [2.24, 2.45) is 4.99 Å². The van der Waals surface area contributed by atoms with E-state index in [1.54, 1.807) is 19.2 Å². The number of nitrogens with zero attached hydrogens (tertiary/aromatic N) is 3. The average molecular weight is 512 g/mol. The van der Waals surface area contributed by atoms with Gasteiger partial charge in [-0.2, -0.15) is 0 Å². The van der Waals surface area contributed by atoms with Gasteiger partial charge in [-0.3, -0.25) is 9.89 Å². The molecule has 0 unspecified atom stereocenters. The van der Waals surface area contributed by atoms with Crippen LogP contribution in [-0.4, -0.2) is 54.1 Å². The first-order chi connectivity index (χ1) is 13.6. The van der Waals surface area contributed by atoms with E-state index in [4.69, 9.17) is 0 Å². The van der Waals surface area contributed by atoms with Crippen molar-refractivity contribution >= 4 is 29.9 Å². The van der Waals surface area contributed by atoms with Crippen LogP contribution in [0, 0.1) is 12.7 Å². The van der Waals surface area contributed by atoms with Gasteiger partial charge in [0.2, 0.25) is 0 Å². The maximum Gasteiger partial charge on any atom is 0.194 e. The normalized spacial score (nSPS) is 15.2. The van der Waals surface area contributed by atoms with Crippen molar-refractivity contribution < 1.29 is 9.50 Å². The first-order valence-corrected chi connectivity index (χ1v) is 9.70. The van der Waals surface area contributed by atoms with E-state index in [-0.39, 0.29) is 36.4 Å². The van der Waals surface area contributed by atoms with Crippen LogP contribution >= 0.6 is 24.0 Å². The van der Waals surface area contributed by atoms with Crippen LogP contribution in [0.5, 0.6) is 0 Å². The first kappa shape index (κ1) is 23.6. The minimum absolute atomic E-state index is 0. The molecule has 0 aliphatic carbocycles. The van der Waals surface area contributed by atoms with E-state index in [0.29, 0.717) is 12.1 Å². The van der Waals surface area contributed by atoms with Crippen LogP contribution in [0.15, 0.2) is 47.5 Å². The highest BCUT2D eigenvalue weighted by Gasteiger charge is 2.19. The summed E-state index contributed by atoms with van der Waals surface area (Å²) < 4.78 is 13.5. The molecule has 29 heavy (non-hydrogen) atoms. The van der Waals surface area contributed by atoms with E-state index in [1.165, 1.54) is 17.2 Å². The molecule has 1 heterocycles. The Morgan fingerprint density at radius 1 is 1.10 bits per heavy atom. The van der Waals surface area contributed by atoms with Crippen LogP contribution in [0.2, 0.25) is 0 Å². The van der Waals surface area contributed by atoms with Crippen molar-refractivity contribution in [1.29, 1.82) is 0 Å². The number of halogens is 2. The molecule has 0 aromatic heterocycles. The Morgan fingerprint density at radius 3 is 2.52 bits per heavy atom. The molecule has 1 aliphatic rings. The smallest absolute Gasteiger partial charge is 0.194 e. The standard InChI is InChI=1S/C22H29FN4O.HI/c1-17-4-3-5-19(12-17)15-26-8-10-27(11-9-26)22(24-2)25-14-18-6-7-21(23)20(13-18)16-28;/h3-7,12-13,28H,8-11,14-16H2,1-2H3,(H,24,25);1H. The third-order valence-corrected chi connectivity index (χ3v) is 5.10. The average Bonchev–Trinajstić information content (AvgIpc) is 2.71. The molecule has 5 nitrogen and oxygen atoms in total. The molecule has 3 rings (SSSR count). The van der Waals surface area contributed by atoms with Gasteiger partial charge in [0.25, 0.3) is 0 Å². The van der Waals surface area contributed by atoms with Crippen molar-refractivity contribution in [1.82, 2.24) is 15.1 Å². The maximum atomic E-state index is 13.5. The Labute approximate surface area is 189 Å². The predicted octanol–water partition coefficient (Wildman–Crippen LogP) is 3.14. The number of aliphatic hydroxyl groups is 1. The molecule has 7 heteroatoms. The SMILES string of the molecule is CN=C(NCc1ccc(F)c(CO)c1)N1CCN(Cc2cccc(C)c2)CC1.I. The largest absolute Gasteiger partial charge is 0.392 e. The van der Waals surface area contributed by atoms with E-state index in [1.807, 2.05) is 0 Å². The van der Waals surface area contributed by atoms with Crippen LogP contribution in [0.25, 0.3) is 0 Å². The zero-order chi connectivity index (χ0) is 19.9. The highest BCUT2D eigenvalue weighted by atomic mass is 127. The highest BCUT2D eigenvalue weighted by Crippen LogP contribution is 2.12. The predicted molar refractivity (Wildman–Crippen MR) is 126 cm³/mol. The van der Waals surface area contributed by atoms with Gasteiger partial charge in [-0.15, -0.1) is 24.0 Å². The van der Waals surface area contributed by atoms with Gasteiger partial charge in [0.05, 0.1) is 6.61 Å². The van der Waals surface area contributed by atoms with Crippen molar-refractivity contribution in [3.05, 3.63) is 70.5 Å². The van der Waals surface area contributed by atoms with Gasteiger partial charge < -0.3 is 15.3 Å². The Morgan fingerprint density at radius 2 is 1.86 bits per heavy atom. The Balaban J connectivity index is 0.00000300. The zero-order valence-electron chi connectivity index (χ0n) is 17.1. The minimum Gasteiger partial charge on any atom is -0.392 e. The lowest BCUT2D eigenvalue weighted by atomic mass is 10.1. The lowest BCUT2D eigenvalue weighted by Crippen LogP contribution is -2.52. The molecule has 1 saturated heterocycles. The molecule has 0 radical (unpaired) electrons. The molecular formula is C22H30FIN4O. The second-order valence-corrected chi connectivity index (χ2v) is 7.24. The fourth-order valence-corrected chi connectivity index (χ4v) is 3.56. The first-order valence-electron chi connectivity index (χ1n) is 9.70. The summed E-state index contributed by atoms with van der Waals surface area (Å²) >= 11 is 0. The van der Waals surface area contributed by atoms with E-state index in [0.717, 1.165) is 44.2 Å². The summed E-state index contributed by atoms with van der Waals surface area (Å²) in [6, 6.07) is 13.5. The molecule has 1 aliphatic heterocycles. The van der Waals surface area contributed by atoms with Crippen LogP contribution in [0.3, 0.4) is 0 Å². The van der Waals surface area contributed by atoms with Gasteiger partial charge in [0, 0.05) is 51.9 Å². The summed E-state index contributed by atoms with van der Waals surface area (Å²) in [6.07, 6.45) is 0. The van der Waals surface area contributed by atoms with Crippen molar-refractivity contribution in [3.8, 4) is 0 Å². The van der Waals surface area contributed by atoms with Gasteiger partial charge in [-0.1, -0.05) is 35.9 Å². The van der Waals surface area contributed by atoms with Crippen LogP contribution < -0.4 is 5.32 Å². The number of aliphatic imine (C=N–C) groups is 1. The molecule has 0 spiro atoms. The summed E-state index contributed by atoms with van der Waals surface area (Å²) in [5.41, 5.74) is 3.89. The second-order valence-electron chi connectivity index (χ2n) is 7.24. The van der Waals surface area contributed by atoms with E-state index in [9.17, 15) is 9.50 Å². The Kier molecular flexibility index (Phi) is 9.32. The van der Waals surface area contributed by atoms with Gasteiger partial charge in [0.15, 0.2) is 5.96 Å². The van der Waals surface area contributed by atoms with Crippen LogP contribution in [-0.2, 0) is 19.7 Å².